The highest BCUT2D eigenvalue weighted by Crippen LogP contribution is 2.30. The number of benzene rings is 1. The van der Waals surface area contributed by atoms with Crippen molar-refractivity contribution in [1.29, 1.82) is 0 Å². The Balaban J connectivity index is 2.07. The normalized spacial score (nSPS) is 17.9. The molecule has 2 aromatic rings. The predicted octanol–water partition coefficient (Wildman–Crippen LogP) is 1.45. The van der Waals surface area contributed by atoms with Crippen LogP contribution in [0.25, 0.3) is 0 Å². The summed E-state index contributed by atoms with van der Waals surface area (Å²) in [5, 5.41) is 16.2. The Bertz CT molecular complexity index is 614. The van der Waals surface area contributed by atoms with E-state index in [-0.39, 0.29) is 18.0 Å². The average molecular weight is 266 g/mol. The molecule has 100 valence electrons. The largest absolute Gasteiger partial charge is 0.388 e. The number of aliphatic hydroxyl groups is 1. The zero-order chi connectivity index (χ0) is 13.4. The van der Waals surface area contributed by atoms with E-state index in [0.29, 0.717) is 18.9 Å². The van der Waals surface area contributed by atoms with Crippen molar-refractivity contribution in [3.8, 4) is 0 Å². The molecule has 19 heavy (non-hydrogen) atoms. The van der Waals surface area contributed by atoms with Gasteiger partial charge in [-0.1, -0.05) is 0 Å². The molecule has 3 rings (SSSR count). The van der Waals surface area contributed by atoms with Crippen LogP contribution in [0.4, 0.5) is 14.7 Å². The molecule has 7 heteroatoms. The molecule has 0 saturated carbocycles. The molecule has 0 spiro atoms. The lowest BCUT2D eigenvalue weighted by molar-refractivity contribution is 0.270. The fourth-order valence-corrected chi connectivity index (χ4v) is 2.27. The second kappa shape index (κ2) is 4.58. The molecule has 0 saturated heterocycles. The maximum Gasteiger partial charge on any atom is 0.222 e. The lowest BCUT2D eigenvalue weighted by Crippen LogP contribution is -2.25. The predicted molar refractivity (Wildman–Crippen MR) is 63.5 cm³/mol. The maximum absolute atomic E-state index is 13.8. The summed E-state index contributed by atoms with van der Waals surface area (Å²) in [4.78, 5) is 4.07. The van der Waals surface area contributed by atoms with Crippen molar-refractivity contribution in [3.05, 3.63) is 41.2 Å². The second-order valence-electron chi connectivity index (χ2n) is 4.35. The van der Waals surface area contributed by atoms with Gasteiger partial charge in [-0.05, 0) is 24.6 Å². The number of rotatable bonds is 2. The number of aromatic nitrogens is 3. The van der Waals surface area contributed by atoms with Gasteiger partial charge in [-0.3, -0.25) is 0 Å². The fraction of sp³-hybridized carbons (Fsp3) is 0.333. The molecule has 1 unspecified atom stereocenters. The molecular formula is C12H12F2N4O. The van der Waals surface area contributed by atoms with Crippen LogP contribution < -0.4 is 5.32 Å². The summed E-state index contributed by atoms with van der Waals surface area (Å²) >= 11 is 0. The van der Waals surface area contributed by atoms with Crippen molar-refractivity contribution in [1.82, 2.24) is 14.8 Å². The van der Waals surface area contributed by atoms with Gasteiger partial charge in [-0.2, -0.15) is 10.1 Å². The van der Waals surface area contributed by atoms with Crippen LogP contribution in [0.2, 0.25) is 0 Å². The Kier molecular flexibility index (Phi) is 2.90. The number of anilines is 1. The van der Waals surface area contributed by atoms with Crippen LogP contribution in [0.15, 0.2) is 18.2 Å². The minimum absolute atomic E-state index is 0.247. The summed E-state index contributed by atoms with van der Waals surface area (Å²) < 4.78 is 28.6. The number of aliphatic hydroxyl groups excluding tert-OH is 1. The molecular weight excluding hydrogens is 254 g/mol. The van der Waals surface area contributed by atoms with Crippen molar-refractivity contribution in [2.24, 2.45) is 0 Å². The molecule has 1 aromatic carbocycles. The smallest absolute Gasteiger partial charge is 0.222 e. The monoisotopic (exact) mass is 266 g/mol. The van der Waals surface area contributed by atoms with Gasteiger partial charge >= 0.3 is 0 Å². The molecule has 1 atom stereocenters. The number of fused-ring (bicyclic) bond motifs is 1. The van der Waals surface area contributed by atoms with Crippen molar-refractivity contribution in [3.63, 3.8) is 0 Å². The van der Waals surface area contributed by atoms with Crippen LogP contribution in [0.1, 0.15) is 23.9 Å². The lowest BCUT2D eigenvalue weighted by Gasteiger charge is -2.25. The summed E-state index contributed by atoms with van der Waals surface area (Å²) in [5.41, 5.74) is 0.247. The van der Waals surface area contributed by atoms with Crippen molar-refractivity contribution < 1.29 is 13.9 Å². The summed E-state index contributed by atoms with van der Waals surface area (Å²) in [5.74, 6) is -0.241. The number of halogens is 2. The maximum atomic E-state index is 13.8. The summed E-state index contributed by atoms with van der Waals surface area (Å²) in [7, 11) is 0. The van der Waals surface area contributed by atoms with E-state index in [9.17, 15) is 8.78 Å². The molecule has 1 aliphatic heterocycles. The number of hydrogen-bond donors (Lipinski definition) is 2. The van der Waals surface area contributed by atoms with Crippen LogP contribution >= 0.6 is 0 Å². The fourth-order valence-electron chi connectivity index (χ4n) is 2.27. The molecule has 0 amide bonds. The first-order valence-electron chi connectivity index (χ1n) is 5.94. The van der Waals surface area contributed by atoms with E-state index in [4.69, 9.17) is 5.11 Å². The Hall–Kier alpha value is -2.02. The van der Waals surface area contributed by atoms with Gasteiger partial charge in [0.1, 0.15) is 18.2 Å². The Morgan fingerprint density at radius 3 is 3.05 bits per heavy atom. The average Bonchev–Trinajstić information content (AvgIpc) is 2.84. The van der Waals surface area contributed by atoms with E-state index in [1.165, 1.54) is 10.7 Å². The Morgan fingerprint density at radius 1 is 1.42 bits per heavy atom. The Labute approximate surface area is 107 Å². The second-order valence-corrected chi connectivity index (χ2v) is 4.35. The molecule has 5 nitrogen and oxygen atoms in total. The van der Waals surface area contributed by atoms with Crippen LogP contribution in [-0.2, 0) is 6.61 Å². The minimum atomic E-state index is -0.487. The molecule has 2 N–H and O–H groups in total. The number of nitrogens with zero attached hydrogens (tertiary/aromatic N) is 3. The van der Waals surface area contributed by atoms with Gasteiger partial charge in [-0.25, -0.2) is 13.5 Å². The van der Waals surface area contributed by atoms with E-state index < -0.39 is 17.7 Å². The van der Waals surface area contributed by atoms with Crippen molar-refractivity contribution in [2.45, 2.75) is 19.1 Å². The minimum Gasteiger partial charge on any atom is -0.388 e. The molecule has 2 heterocycles. The highest BCUT2D eigenvalue weighted by Gasteiger charge is 2.26. The van der Waals surface area contributed by atoms with Gasteiger partial charge in [-0.15, -0.1) is 0 Å². The van der Waals surface area contributed by atoms with E-state index >= 15 is 0 Å². The molecule has 0 fully saturated rings. The number of hydrogen-bond acceptors (Lipinski definition) is 4. The quantitative estimate of drug-likeness (QED) is 0.863. The summed E-state index contributed by atoms with van der Waals surface area (Å²) in [6.45, 7) is 0.296. The van der Waals surface area contributed by atoms with Gasteiger partial charge in [0.2, 0.25) is 5.95 Å². The van der Waals surface area contributed by atoms with Crippen LogP contribution in [0, 0.1) is 11.6 Å². The molecule has 0 bridgehead atoms. The molecule has 1 aromatic heterocycles. The molecule has 0 aliphatic carbocycles. The van der Waals surface area contributed by atoms with Crippen LogP contribution in [-0.4, -0.2) is 26.4 Å². The van der Waals surface area contributed by atoms with Gasteiger partial charge in [0.05, 0.1) is 6.04 Å². The van der Waals surface area contributed by atoms with Crippen LogP contribution in [0.5, 0.6) is 0 Å². The van der Waals surface area contributed by atoms with E-state index in [1.54, 1.807) is 0 Å². The zero-order valence-corrected chi connectivity index (χ0v) is 9.98. The van der Waals surface area contributed by atoms with Gasteiger partial charge < -0.3 is 10.4 Å². The summed E-state index contributed by atoms with van der Waals surface area (Å²) in [6.07, 6.45) is 0.571. The third-order valence-corrected chi connectivity index (χ3v) is 3.13. The summed E-state index contributed by atoms with van der Waals surface area (Å²) in [6, 6.07) is 2.95. The van der Waals surface area contributed by atoms with E-state index in [2.05, 4.69) is 15.4 Å². The van der Waals surface area contributed by atoms with E-state index in [0.717, 1.165) is 12.1 Å². The van der Waals surface area contributed by atoms with Crippen LogP contribution in [0.3, 0.4) is 0 Å². The molecule has 0 radical (unpaired) electrons. The topological polar surface area (TPSA) is 63.0 Å². The highest BCUT2D eigenvalue weighted by molar-refractivity contribution is 5.33. The third kappa shape index (κ3) is 2.06. The zero-order valence-electron chi connectivity index (χ0n) is 9.98. The standard InChI is InChI=1S/C12H12F2N4O/c13-7-1-2-9(14)8(5-7)10-3-4-15-12-16-11(6-19)17-18(10)12/h1-2,5,10,19H,3-4,6H2,(H,15,16,17). The molecule has 1 aliphatic rings. The first kappa shape index (κ1) is 12.0. The number of nitrogens with one attached hydrogen (secondary N) is 1. The first-order valence-corrected chi connectivity index (χ1v) is 5.94. The third-order valence-electron chi connectivity index (χ3n) is 3.13. The first-order chi connectivity index (χ1) is 9.19. The van der Waals surface area contributed by atoms with Crippen molar-refractivity contribution in [2.75, 3.05) is 11.9 Å². The van der Waals surface area contributed by atoms with Gasteiger partial charge in [0.15, 0.2) is 5.82 Å². The van der Waals surface area contributed by atoms with Gasteiger partial charge in [0, 0.05) is 12.1 Å². The SMILES string of the molecule is OCc1nc2n(n1)C(c1cc(F)ccc1F)CCN2. The van der Waals surface area contributed by atoms with Gasteiger partial charge in [0.25, 0.3) is 0 Å². The van der Waals surface area contributed by atoms with E-state index in [1.807, 2.05) is 0 Å². The highest BCUT2D eigenvalue weighted by atomic mass is 19.1. The van der Waals surface area contributed by atoms with Crippen molar-refractivity contribution >= 4 is 5.95 Å². The Morgan fingerprint density at radius 2 is 2.26 bits per heavy atom. The lowest BCUT2D eigenvalue weighted by atomic mass is 10.0.